The van der Waals surface area contributed by atoms with Gasteiger partial charge in [0.2, 0.25) is 0 Å². The predicted octanol–water partition coefficient (Wildman–Crippen LogP) is 5.05. The summed E-state index contributed by atoms with van der Waals surface area (Å²) in [7, 11) is 2.08. The molecule has 0 bridgehead atoms. The number of rotatable bonds is 6. The van der Waals surface area contributed by atoms with Crippen LogP contribution < -0.4 is 15.1 Å². The summed E-state index contributed by atoms with van der Waals surface area (Å²) in [4.78, 5) is 16.9. The van der Waals surface area contributed by atoms with Gasteiger partial charge in [-0.15, -0.1) is 0 Å². The zero-order chi connectivity index (χ0) is 26.9. The number of aryl methyl sites for hydroxylation is 2. The number of piperazine rings is 1. The van der Waals surface area contributed by atoms with Crippen molar-refractivity contribution in [3.8, 4) is 11.1 Å². The highest BCUT2D eigenvalue weighted by Crippen LogP contribution is 2.34. The molecule has 0 aliphatic carbocycles. The molecule has 2 saturated heterocycles. The Kier molecular flexibility index (Phi) is 7.14. The number of hydrogen-bond acceptors (Lipinski definition) is 7. The molecule has 2 aliphatic rings. The number of fused-ring (bicyclic) bond motifs is 1. The first-order valence-electron chi connectivity index (χ1n) is 14.1. The summed E-state index contributed by atoms with van der Waals surface area (Å²) < 4.78 is 7.64. The molecule has 204 valence electrons. The number of nitrogens with one attached hydrogen (secondary N) is 1. The van der Waals surface area contributed by atoms with E-state index in [1.165, 1.54) is 16.8 Å². The van der Waals surface area contributed by atoms with E-state index in [0.717, 1.165) is 86.5 Å². The van der Waals surface area contributed by atoms with Gasteiger partial charge in [0.1, 0.15) is 17.2 Å². The van der Waals surface area contributed by atoms with Crippen LogP contribution in [-0.2, 0) is 11.8 Å². The van der Waals surface area contributed by atoms with E-state index >= 15 is 0 Å². The number of benzene rings is 2. The fourth-order valence-corrected chi connectivity index (χ4v) is 5.62. The topological polar surface area (TPSA) is 61.7 Å². The average Bonchev–Trinajstić information content (AvgIpc) is 3.27. The summed E-state index contributed by atoms with van der Waals surface area (Å²) in [5.41, 5.74) is 7.68. The van der Waals surface area contributed by atoms with Crippen LogP contribution in [0.1, 0.15) is 19.7 Å². The van der Waals surface area contributed by atoms with E-state index in [0.29, 0.717) is 6.04 Å². The fraction of sp³-hybridized carbons (Fsp3) is 0.419. The third-order valence-corrected chi connectivity index (χ3v) is 8.18. The molecule has 2 aromatic carbocycles. The predicted molar refractivity (Wildman–Crippen MR) is 160 cm³/mol. The summed E-state index contributed by atoms with van der Waals surface area (Å²) in [5, 5.41) is 3.61. The molecule has 2 fully saturated rings. The number of nitrogens with zero attached hydrogens (tertiary/aromatic N) is 6. The van der Waals surface area contributed by atoms with Gasteiger partial charge in [-0.2, -0.15) is 0 Å². The van der Waals surface area contributed by atoms with Gasteiger partial charge in [-0.25, -0.2) is 9.97 Å². The highest BCUT2D eigenvalue weighted by Gasteiger charge is 2.19. The molecule has 6 rings (SSSR count). The Balaban J connectivity index is 1.25. The number of anilines is 4. The van der Waals surface area contributed by atoms with E-state index in [1.807, 2.05) is 6.20 Å². The van der Waals surface area contributed by atoms with E-state index in [2.05, 4.69) is 101 Å². The molecular weight excluding hydrogens is 486 g/mol. The third-order valence-electron chi connectivity index (χ3n) is 8.18. The van der Waals surface area contributed by atoms with Gasteiger partial charge < -0.3 is 24.4 Å². The molecule has 0 radical (unpaired) electrons. The molecule has 0 amide bonds. The molecule has 8 heteroatoms. The summed E-state index contributed by atoms with van der Waals surface area (Å²) in [6.07, 6.45) is 1.91. The molecule has 0 spiro atoms. The molecule has 39 heavy (non-hydrogen) atoms. The van der Waals surface area contributed by atoms with Gasteiger partial charge in [-0.05, 0) is 68.3 Å². The van der Waals surface area contributed by atoms with Crippen LogP contribution in [0, 0.1) is 6.92 Å². The van der Waals surface area contributed by atoms with Gasteiger partial charge in [0.05, 0.1) is 36.3 Å². The number of aromatic nitrogens is 3. The molecule has 2 aromatic heterocycles. The maximum atomic E-state index is 5.48. The van der Waals surface area contributed by atoms with Crippen molar-refractivity contribution in [1.29, 1.82) is 0 Å². The van der Waals surface area contributed by atoms with E-state index in [4.69, 9.17) is 14.7 Å². The minimum atomic E-state index is 0.612. The third kappa shape index (κ3) is 5.31. The van der Waals surface area contributed by atoms with Crippen LogP contribution in [0.25, 0.3) is 22.2 Å². The van der Waals surface area contributed by atoms with E-state index < -0.39 is 0 Å². The van der Waals surface area contributed by atoms with Crippen molar-refractivity contribution in [2.45, 2.75) is 26.8 Å². The highest BCUT2D eigenvalue weighted by molar-refractivity contribution is 5.95. The van der Waals surface area contributed by atoms with Crippen molar-refractivity contribution in [2.75, 3.05) is 67.6 Å². The lowest BCUT2D eigenvalue weighted by Crippen LogP contribution is -2.48. The minimum absolute atomic E-state index is 0.612. The van der Waals surface area contributed by atoms with Crippen LogP contribution in [0.3, 0.4) is 0 Å². The van der Waals surface area contributed by atoms with Crippen LogP contribution in [0.5, 0.6) is 0 Å². The zero-order valence-corrected chi connectivity index (χ0v) is 23.5. The molecule has 0 atom stereocenters. The molecule has 0 unspecified atom stereocenters. The van der Waals surface area contributed by atoms with Crippen molar-refractivity contribution < 1.29 is 4.74 Å². The van der Waals surface area contributed by atoms with E-state index in [9.17, 15) is 0 Å². The molecule has 2 aliphatic heterocycles. The normalized spacial score (nSPS) is 16.8. The maximum Gasteiger partial charge on any atom is 0.128 e. The van der Waals surface area contributed by atoms with Crippen LogP contribution in [0.4, 0.5) is 22.9 Å². The zero-order valence-electron chi connectivity index (χ0n) is 23.5. The molecular formula is C31H39N7O. The lowest BCUT2D eigenvalue weighted by molar-refractivity contribution is 0.122. The van der Waals surface area contributed by atoms with Crippen molar-refractivity contribution in [1.82, 2.24) is 19.4 Å². The van der Waals surface area contributed by atoms with Crippen LogP contribution in [-0.4, -0.2) is 78.0 Å². The Labute approximate surface area is 231 Å². The molecule has 4 aromatic rings. The van der Waals surface area contributed by atoms with Crippen molar-refractivity contribution in [3.05, 3.63) is 60.6 Å². The lowest BCUT2D eigenvalue weighted by atomic mass is 10.0. The summed E-state index contributed by atoms with van der Waals surface area (Å²) >= 11 is 0. The summed E-state index contributed by atoms with van der Waals surface area (Å²) in [5.74, 6) is 1.98. The summed E-state index contributed by atoms with van der Waals surface area (Å²) in [6.45, 7) is 14.3. The molecule has 1 N–H and O–H groups in total. The van der Waals surface area contributed by atoms with E-state index in [-0.39, 0.29) is 0 Å². The Hall–Kier alpha value is -3.62. The fourth-order valence-electron chi connectivity index (χ4n) is 5.62. The Morgan fingerprint density at radius 1 is 0.846 bits per heavy atom. The van der Waals surface area contributed by atoms with Gasteiger partial charge >= 0.3 is 0 Å². The van der Waals surface area contributed by atoms with Crippen LogP contribution >= 0.6 is 0 Å². The summed E-state index contributed by atoms with van der Waals surface area (Å²) in [6, 6.07) is 18.3. The van der Waals surface area contributed by atoms with Gasteiger partial charge in [0, 0.05) is 58.0 Å². The van der Waals surface area contributed by atoms with Crippen molar-refractivity contribution in [3.63, 3.8) is 0 Å². The first-order valence-corrected chi connectivity index (χ1v) is 14.1. The smallest absolute Gasteiger partial charge is 0.128 e. The van der Waals surface area contributed by atoms with Gasteiger partial charge in [0.15, 0.2) is 0 Å². The average molecular weight is 526 g/mol. The highest BCUT2D eigenvalue weighted by atomic mass is 16.5. The number of pyridine rings is 1. The number of ether oxygens (including phenoxy) is 1. The molecule has 0 saturated carbocycles. The first-order chi connectivity index (χ1) is 19.0. The Morgan fingerprint density at radius 3 is 2.26 bits per heavy atom. The van der Waals surface area contributed by atoms with Crippen LogP contribution in [0.15, 0.2) is 54.7 Å². The SMILES string of the molecule is Cc1nc2c(Nc3ccc(N4CCOCC4)nc3)cc(-c3ccc(N4CCN(C(C)C)CC4)cc3)cc2n1C. The monoisotopic (exact) mass is 525 g/mol. The van der Waals surface area contributed by atoms with Gasteiger partial charge in [-0.1, -0.05) is 12.1 Å². The quantitative estimate of drug-likeness (QED) is 0.378. The second-order valence-corrected chi connectivity index (χ2v) is 10.9. The number of imidazole rings is 1. The first kappa shape index (κ1) is 25.6. The van der Waals surface area contributed by atoms with Crippen molar-refractivity contribution in [2.24, 2.45) is 7.05 Å². The molecule has 8 nitrogen and oxygen atoms in total. The standard InChI is InChI=1S/C31H39N7O/c1-22(2)36-11-13-37(14-12-36)27-8-5-24(6-9-27)25-19-28(31-29(20-25)35(4)23(3)33-31)34-26-7-10-30(32-21-26)38-15-17-39-18-16-38/h5-10,19-22,34H,11-18H2,1-4H3. The minimum Gasteiger partial charge on any atom is -0.378 e. The Morgan fingerprint density at radius 2 is 1.59 bits per heavy atom. The van der Waals surface area contributed by atoms with Crippen molar-refractivity contribution >= 4 is 33.9 Å². The van der Waals surface area contributed by atoms with E-state index in [1.54, 1.807) is 0 Å². The van der Waals surface area contributed by atoms with Crippen LogP contribution in [0.2, 0.25) is 0 Å². The largest absolute Gasteiger partial charge is 0.378 e. The second-order valence-electron chi connectivity index (χ2n) is 10.9. The van der Waals surface area contributed by atoms with Gasteiger partial charge in [0.25, 0.3) is 0 Å². The second kappa shape index (κ2) is 10.9. The van der Waals surface area contributed by atoms with Gasteiger partial charge in [-0.3, -0.25) is 4.90 Å². The Bertz CT molecular complexity index is 1410. The number of hydrogen-bond donors (Lipinski definition) is 1. The maximum absolute atomic E-state index is 5.48. The lowest BCUT2D eigenvalue weighted by Gasteiger charge is -2.38. The molecule has 4 heterocycles. The number of morpholine rings is 1.